The first kappa shape index (κ1) is 28.0. The molecule has 4 rings (SSSR count). The van der Waals surface area contributed by atoms with Gasteiger partial charge in [0.2, 0.25) is 5.78 Å². The number of methoxy groups -OCH3 is 1. The van der Waals surface area contributed by atoms with Gasteiger partial charge in [-0.25, -0.2) is 14.8 Å². The normalized spacial score (nSPS) is 15.1. The van der Waals surface area contributed by atoms with E-state index in [0.29, 0.717) is 44.9 Å². The van der Waals surface area contributed by atoms with Crippen LogP contribution in [0, 0.1) is 20.8 Å². The number of carbonyl (C=O) groups is 3. The number of thiazole rings is 2. The maximum absolute atomic E-state index is 13.9. The highest BCUT2D eigenvalue weighted by Gasteiger charge is 2.47. The van der Waals surface area contributed by atoms with E-state index in [0.717, 1.165) is 11.3 Å². The highest BCUT2D eigenvalue weighted by Crippen LogP contribution is 2.46. The summed E-state index contributed by atoms with van der Waals surface area (Å²) in [6.07, 6.45) is 1.60. The number of nitrogens with zero attached hydrogens (tertiary/aromatic N) is 3. The first-order chi connectivity index (χ1) is 18.6. The average Bonchev–Trinajstić information content (AvgIpc) is 3.54. The number of amides is 1. The van der Waals surface area contributed by atoms with Crippen LogP contribution in [0.2, 0.25) is 0 Å². The molecule has 0 aliphatic carbocycles. The molecule has 1 aromatic carbocycles. The topological polar surface area (TPSA) is 128 Å². The van der Waals surface area contributed by atoms with Crippen molar-refractivity contribution in [1.82, 2.24) is 9.97 Å². The Morgan fingerprint density at radius 1 is 1.10 bits per heavy atom. The summed E-state index contributed by atoms with van der Waals surface area (Å²) in [5.41, 5.74) is 1.19. The van der Waals surface area contributed by atoms with Crippen molar-refractivity contribution >= 4 is 45.5 Å². The summed E-state index contributed by atoms with van der Waals surface area (Å²) >= 11 is 2.11. The second kappa shape index (κ2) is 11.4. The van der Waals surface area contributed by atoms with Crippen molar-refractivity contribution in [1.29, 1.82) is 0 Å². The van der Waals surface area contributed by atoms with Crippen LogP contribution in [0.1, 0.15) is 54.3 Å². The van der Waals surface area contributed by atoms with Gasteiger partial charge in [-0.2, -0.15) is 0 Å². The Kier molecular flexibility index (Phi) is 8.17. The number of aliphatic hydroxyl groups excluding tert-OH is 1. The van der Waals surface area contributed by atoms with Crippen LogP contribution >= 0.6 is 22.7 Å². The van der Waals surface area contributed by atoms with Crippen molar-refractivity contribution in [2.24, 2.45) is 0 Å². The van der Waals surface area contributed by atoms with E-state index >= 15 is 0 Å². The Morgan fingerprint density at radius 2 is 1.82 bits per heavy atom. The minimum Gasteiger partial charge on any atom is -0.503 e. The molecule has 39 heavy (non-hydrogen) atoms. The Labute approximate surface area is 233 Å². The lowest BCUT2D eigenvalue weighted by Gasteiger charge is -2.25. The Bertz CT molecular complexity index is 1500. The maximum Gasteiger partial charge on any atom is 0.350 e. The van der Waals surface area contributed by atoms with Crippen molar-refractivity contribution < 1.29 is 33.7 Å². The Balaban J connectivity index is 1.91. The van der Waals surface area contributed by atoms with E-state index in [2.05, 4.69) is 16.5 Å². The molecule has 0 fully saturated rings. The van der Waals surface area contributed by atoms with Gasteiger partial charge in [0, 0.05) is 0 Å². The number of ether oxygens (including phenoxy) is 3. The first-order valence-electron chi connectivity index (χ1n) is 11.9. The number of carbonyl (C=O) groups excluding carboxylic acids is 3. The summed E-state index contributed by atoms with van der Waals surface area (Å²) in [4.78, 5) is 50.2. The van der Waals surface area contributed by atoms with Gasteiger partial charge in [-0.1, -0.05) is 30.1 Å². The van der Waals surface area contributed by atoms with E-state index in [9.17, 15) is 19.5 Å². The monoisotopic (exact) mass is 569 g/mol. The third-order valence-corrected chi connectivity index (χ3v) is 8.07. The standard InChI is InChI=1S/C27H27N3O7S2/c1-7-11-37-17-10-9-16(12-18(17)36-8-2)20-19(21(31)23-13(3)28-15(5)38-23)22(32)25(33)30(20)27-29-14(4)24(39-27)26(34)35-6/h7,9-10,12,20,32H,1,8,11H2,2-6H3. The van der Waals surface area contributed by atoms with Gasteiger partial charge >= 0.3 is 5.97 Å². The smallest absolute Gasteiger partial charge is 0.350 e. The molecule has 1 unspecified atom stereocenters. The average molecular weight is 570 g/mol. The van der Waals surface area contributed by atoms with Crippen LogP contribution in [0.15, 0.2) is 42.2 Å². The van der Waals surface area contributed by atoms with Gasteiger partial charge in [-0.3, -0.25) is 14.5 Å². The van der Waals surface area contributed by atoms with E-state index in [1.165, 1.54) is 23.3 Å². The van der Waals surface area contributed by atoms with E-state index in [1.54, 1.807) is 45.0 Å². The molecule has 1 N–H and O–H groups in total. The van der Waals surface area contributed by atoms with Crippen LogP contribution < -0.4 is 14.4 Å². The number of aromatic nitrogens is 2. The molecule has 10 nitrogen and oxygen atoms in total. The third kappa shape index (κ3) is 5.17. The Morgan fingerprint density at radius 3 is 2.44 bits per heavy atom. The first-order valence-corrected chi connectivity index (χ1v) is 13.6. The SMILES string of the molecule is C=CCOc1ccc(C2C(C(=O)c3sc(C)nc3C)=C(O)C(=O)N2c2nc(C)c(C(=O)OC)s2)cc1OCC. The van der Waals surface area contributed by atoms with Crippen LogP contribution in [0.3, 0.4) is 0 Å². The lowest BCUT2D eigenvalue weighted by molar-refractivity contribution is -0.117. The molecule has 3 aromatic rings. The van der Waals surface area contributed by atoms with Crippen LogP contribution in [-0.2, 0) is 9.53 Å². The largest absolute Gasteiger partial charge is 0.503 e. The summed E-state index contributed by atoms with van der Waals surface area (Å²) in [5, 5.41) is 11.9. The number of hydrogen-bond donors (Lipinski definition) is 1. The zero-order chi connectivity index (χ0) is 28.4. The minimum absolute atomic E-state index is 0.124. The van der Waals surface area contributed by atoms with Crippen LogP contribution in [0.5, 0.6) is 11.5 Å². The summed E-state index contributed by atoms with van der Waals surface area (Å²) in [6.45, 7) is 11.1. The number of esters is 1. The predicted octanol–water partition coefficient (Wildman–Crippen LogP) is 5.06. The van der Waals surface area contributed by atoms with Crippen molar-refractivity contribution in [3.8, 4) is 11.5 Å². The minimum atomic E-state index is -1.07. The molecule has 1 aliphatic heterocycles. The Hall–Kier alpha value is -4.03. The highest BCUT2D eigenvalue weighted by molar-refractivity contribution is 7.17. The van der Waals surface area contributed by atoms with Crippen molar-refractivity contribution in [2.75, 3.05) is 25.2 Å². The van der Waals surface area contributed by atoms with E-state index in [1.807, 2.05) is 6.92 Å². The summed E-state index contributed by atoms with van der Waals surface area (Å²) in [7, 11) is 1.25. The van der Waals surface area contributed by atoms with Gasteiger partial charge in [0.15, 0.2) is 22.4 Å². The number of hydrogen-bond acceptors (Lipinski definition) is 11. The molecule has 1 aliphatic rings. The molecule has 12 heteroatoms. The molecule has 1 amide bonds. The van der Waals surface area contributed by atoms with Crippen molar-refractivity contribution in [3.05, 3.63) is 73.9 Å². The summed E-state index contributed by atoms with van der Waals surface area (Å²) < 4.78 is 16.3. The quantitative estimate of drug-likeness (QED) is 0.202. The predicted molar refractivity (Wildman–Crippen MR) is 147 cm³/mol. The lowest BCUT2D eigenvalue weighted by Crippen LogP contribution is -2.31. The molecule has 2 aromatic heterocycles. The molecule has 3 heterocycles. The summed E-state index contributed by atoms with van der Waals surface area (Å²) in [6, 6.07) is 3.93. The number of rotatable bonds is 10. The molecular weight excluding hydrogens is 542 g/mol. The second-order valence-electron chi connectivity index (χ2n) is 8.46. The van der Waals surface area contributed by atoms with E-state index < -0.39 is 29.5 Å². The van der Waals surface area contributed by atoms with Crippen molar-refractivity contribution in [2.45, 2.75) is 33.7 Å². The van der Waals surface area contributed by atoms with Gasteiger partial charge in [0.25, 0.3) is 5.91 Å². The molecule has 0 bridgehead atoms. The van der Waals surface area contributed by atoms with Gasteiger partial charge < -0.3 is 19.3 Å². The highest BCUT2D eigenvalue weighted by atomic mass is 32.1. The molecule has 0 saturated carbocycles. The summed E-state index contributed by atoms with van der Waals surface area (Å²) in [5.74, 6) is -1.82. The zero-order valence-electron chi connectivity index (χ0n) is 22.1. The van der Waals surface area contributed by atoms with Gasteiger partial charge in [-0.15, -0.1) is 11.3 Å². The number of anilines is 1. The fraction of sp³-hybridized carbons (Fsp3) is 0.296. The molecule has 204 valence electrons. The van der Waals surface area contributed by atoms with Crippen LogP contribution in [0.4, 0.5) is 5.13 Å². The number of Topliss-reactive ketones (excluding diaryl/α,β-unsaturated/α-hetero) is 1. The number of aryl methyl sites for hydroxylation is 3. The second-order valence-corrected chi connectivity index (χ2v) is 10.6. The van der Waals surface area contributed by atoms with E-state index in [-0.39, 0.29) is 22.2 Å². The van der Waals surface area contributed by atoms with Gasteiger partial charge in [-0.05, 0) is 45.4 Å². The lowest BCUT2D eigenvalue weighted by atomic mass is 9.95. The fourth-order valence-electron chi connectivity index (χ4n) is 4.21. The number of aliphatic hydroxyl groups is 1. The van der Waals surface area contributed by atoms with Crippen LogP contribution in [-0.4, -0.2) is 53.1 Å². The fourth-order valence-corrected chi connectivity index (χ4v) is 6.10. The molecule has 1 atom stereocenters. The van der Waals surface area contributed by atoms with Crippen molar-refractivity contribution in [3.63, 3.8) is 0 Å². The third-order valence-electron chi connectivity index (χ3n) is 5.86. The van der Waals surface area contributed by atoms with Crippen LogP contribution in [0.25, 0.3) is 0 Å². The maximum atomic E-state index is 13.9. The molecule has 0 saturated heterocycles. The molecule has 0 spiro atoms. The number of ketones is 1. The van der Waals surface area contributed by atoms with E-state index in [4.69, 9.17) is 14.2 Å². The molecule has 0 radical (unpaired) electrons. The molecular formula is C27H27N3O7S2. The number of benzene rings is 1. The van der Waals surface area contributed by atoms with Gasteiger partial charge in [0.05, 0.1) is 46.6 Å². The zero-order valence-corrected chi connectivity index (χ0v) is 23.7. The van der Waals surface area contributed by atoms with Gasteiger partial charge in [0.1, 0.15) is 11.5 Å².